The molecule has 1 aromatic heterocycles. The summed E-state index contributed by atoms with van der Waals surface area (Å²) in [6.45, 7) is 5.48. The molecule has 5 rings (SSSR count). The summed E-state index contributed by atoms with van der Waals surface area (Å²) in [5.74, 6) is 0.967. The number of carbonyl (C=O) groups is 2. The lowest BCUT2D eigenvalue weighted by atomic mass is 9.72. The number of tetrazole rings is 1. The van der Waals surface area contributed by atoms with Crippen molar-refractivity contribution in [1.82, 2.24) is 25.5 Å². The summed E-state index contributed by atoms with van der Waals surface area (Å²) >= 11 is 0. The smallest absolute Gasteiger partial charge is 0.313 e. The van der Waals surface area contributed by atoms with Crippen LogP contribution in [0.4, 0.5) is 16.4 Å². The monoisotopic (exact) mass is 567 g/mol. The van der Waals surface area contributed by atoms with E-state index in [9.17, 15) is 18.0 Å². The second-order valence-electron chi connectivity index (χ2n) is 10.9. The van der Waals surface area contributed by atoms with Crippen LogP contribution in [-0.2, 0) is 16.4 Å². The normalized spacial score (nSPS) is 21.1. The Morgan fingerprint density at radius 1 is 1.10 bits per heavy atom. The number of carbonyl (C=O) groups excluding carboxylic acids is 2. The Balaban J connectivity index is 0.00000370. The molecule has 2 heterocycles. The van der Waals surface area contributed by atoms with Gasteiger partial charge in [-0.05, 0) is 84.7 Å². The zero-order valence-corrected chi connectivity index (χ0v) is 23.1. The standard InChI is InChI=1S/C27H33N7O4S.CH4/c1-18(2)20-12-14-27(15-13-20)17-33(22-8-10-23(11-9-22)39(3,37)38)26(36)34(27)16-19-4-6-21(7-5-19)24(35)28-25-29-31-32-30-25;/h4-11,18,20H,12-17H2,1-3H3,(H2,28,29,30,31,32,35);1H4. The fourth-order valence-corrected chi connectivity index (χ4v) is 6.34. The third kappa shape index (κ3) is 5.86. The lowest BCUT2D eigenvalue weighted by Gasteiger charge is -2.43. The minimum atomic E-state index is -3.33. The van der Waals surface area contributed by atoms with Crippen LogP contribution < -0.4 is 10.2 Å². The van der Waals surface area contributed by atoms with E-state index in [2.05, 4.69) is 39.8 Å². The number of urea groups is 1. The molecular formula is C28H37N7O4S. The quantitative estimate of drug-likeness (QED) is 0.428. The topological polar surface area (TPSA) is 141 Å². The molecule has 0 atom stereocenters. The fourth-order valence-electron chi connectivity index (χ4n) is 5.71. The molecule has 2 aliphatic rings. The number of aromatic amines is 1. The summed E-state index contributed by atoms with van der Waals surface area (Å²) in [6, 6.07) is 13.6. The number of nitrogens with one attached hydrogen (secondary N) is 2. The Hall–Kier alpha value is -3.80. The lowest BCUT2D eigenvalue weighted by molar-refractivity contribution is 0.0843. The average molecular weight is 568 g/mol. The highest BCUT2D eigenvalue weighted by atomic mass is 32.2. The molecule has 1 aliphatic carbocycles. The van der Waals surface area contributed by atoms with Gasteiger partial charge in [-0.25, -0.2) is 13.2 Å². The van der Waals surface area contributed by atoms with E-state index in [-0.39, 0.29) is 35.7 Å². The fraction of sp³-hybridized carbons (Fsp3) is 0.464. The van der Waals surface area contributed by atoms with E-state index in [1.54, 1.807) is 41.3 Å². The SMILES string of the molecule is C.CC(C)C1CCC2(CC1)CN(c1ccc(S(C)(=O)=O)cc1)C(=O)N2Cc1ccc(C(=O)Nc2nn[nH]n2)cc1. The van der Waals surface area contributed by atoms with Gasteiger partial charge in [0, 0.05) is 24.1 Å². The number of sulfone groups is 1. The number of amides is 3. The van der Waals surface area contributed by atoms with Crippen molar-refractivity contribution in [3.63, 3.8) is 0 Å². The van der Waals surface area contributed by atoms with Gasteiger partial charge < -0.3 is 4.90 Å². The third-order valence-electron chi connectivity index (χ3n) is 8.09. The van der Waals surface area contributed by atoms with E-state index in [1.807, 2.05) is 17.0 Å². The van der Waals surface area contributed by atoms with Gasteiger partial charge in [-0.15, -0.1) is 5.10 Å². The van der Waals surface area contributed by atoms with Crippen LogP contribution >= 0.6 is 0 Å². The van der Waals surface area contributed by atoms with Gasteiger partial charge in [0.2, 0.25) is 0 Å². The molecule has 11 nitrogen and oxygen atoms in total. The average Bonchev–Trinajstić information content (AvgIpc) is 3.51. The largest absolute Gasteiger partial charge is 0.325 e. The zero-order valence-electron chi connectivity index (χ0n) is 22.3. The van der Waals surface area contributed by atoms with Crippen LogP contribution in [0.25, 0.3) is 0 Å². The number of H-pyrrole nitrogens is 1. The molecule has 0 unspecified atom stereocenters. The van der Waals surface area contributed by atoms with Crippen LogP contribution in [-0.4, -0.2) is 64.2 Å². The molecule has 1 spiro atoms. The second-order valence-corrected chi connectivity index (χ2v) is 12.9. The van der Waals surface area contributed by atoms with Crippen molar-refractivity contribution in [2.75, 3.05) is 23.0 Å². The molecule has 2 N–H and O–H groups in total. The third-order valence-corrected chi connectivity index (χ3v) is 9.22. The van der Waals surface area contributed by atoms with Crippen molar-refractivity contribution < 1.29 is 18.0 Å². The first-order chi connectivity index (χ1) is 18.6. The summed E-state index contributed by atoms with van der Waals surface area (Å²) in [4.78, 5) is 30.3. The molecule has 40 heavy (non-hydrogen) atoms. The molecule has 2 aromatic carbocycles. The molecular weight excluding hydrogens is 530 g/mol. The predicted octanol–water partition coefficient (Wildman–Crippen LogP) is 4.52. The van der Waals surface area contributed by atoms with Gasteiger partial charge in [0.15, 0.2) is 9.84 Å². The van der Waals surface area contributed by atoms with Gasteiger partial charge in [0.05, 0.1) is 17.0 Å². The van der Waals surface area contributed by atoms with Crippen LogP contribution in [0.3, 0.4) is 0 Å². The van der Waals surface area contributed by atoms with Crippen LogP contribution in [0, 0.1) is 11.8 Å². The van der Waals surface area contributed by atoms with E-state index >= 15 is 0 Å². The summed E-state index contributed by atoms with van der Waals surface area (Å²) in [7, 11) is -3.33. The van der Waals surface area contributed by atoms with Gasteiger partial charge in [-0.3, -0.25) is 15.0 Å². The number of nitrogens with zero attached hydrogens (tertiary/aromatic N) is 5. The minimum Gasteiger partial charge on any atom is -0.313 e. The van der Waals surface area contributed by atoms with Crippen molar-refractivity contribution >= 4 is 33.4 Å². The highest BCUT2D eigenvalue weighted by Crippen LogP contribution is 2.45. The Morgan fingerprint density at radius 3 is 2.30 bits per heavy atom. The molecule has 0 radical (unpaired) electrons. The zero-order chi connectivity index (χ0) is 27.8. The molecule has 12 heteroatoms. The Labute approximate surface area is 235 Å². The maximum Gasteiger partial charge on any atom is 0.325 e. The maximum absolute atomic E-state index is 13.9. The van der Waals surface area contributed by atoms with Crippen LogP contribution in [0.2, 0.25) is 0 Å². The molecule has 3 amide bonds. The first-order valence-electron chi connectivity index (χ1n) is 13.1. The van der Waals surface area contributed by atoms with Crippen molar-refractivity contribution in [1.29, 1.82) is 0 Å². The Bertz CT molecular complexity index is 1430. The molecule has 214 valence electrons. The van der Waals surface area contributed by atoms with E-state index < -0.39 is 9.84 Å². The van der Waals surface area contributed by atoms with Crippen molar-refractivity contribution in [2.24, 2.45) is 11.8 Å². The Kier molecular flexibility index (Phi) is 8.29. The highest BCUT2D eigenvalue weighted by Gasteiger charge is 2.51. The Morgan fingerprint density at radius 2 is 1.75 bits per heavy atom. The summed E-state index contributed by atoms with van der Waals surface area (Å²) in [6.07, 6.45) is 5.09. The molecule has 2 fully saturated rings. The van der Waals surface area contributed by atoms with Crippen molar-refractivity contribution in [2.45, 2.75) is 63.9 Å². The van der Waals surface area contributed by atoms with Gasteiger partial charge >= 0.3 is 6.03 Å². The summed E-state index contributed by atoms with van der Waals surface area (Å²) in [5.41, 5.74) is 1.73. The summed E-state index contributed by atoms with van der Waals surface area (Å²) in [5, 5.41) is 15.7. The number of hydrogen-bond acceptors (Lipinski definition) is 7. The van der Waals surface area contributed by atoms with Gasteiger partial charge in [-0.1, -0.05) is 38.5 Å². The second kappa shape index (κ2) is 11.4. The van der Waals surface area contributed by atoms with Crippen molar-refractivity contribution in [3.05, 3.63) is 59.7 Å². The predicted molar refractivity (Wildman–Crippen MR) is 153 cm³/mol. The number of aromatic nitrogens is 4. The first kappa shape index (κ1) is 29.2. The number of anilines is 2. The van der Waals surface area contributed by atoms with Crippen LogP contribution in [0.15, 0.2) is 53.4 Å². The highest BCUT2D eigenvalue weighted by molar-refractivity contribution is 7.90. The van der Waals surface area contributed by atoms with E-state index in [4.69, 9.17) is 0 Å². The number of benzene rings is 2. The van der Waals surface area contributed by atoms with E-state index in [0.29, 0.717) is 36.2 Å². The van der Waals surface area contributed by atoms with E-state index in [1.165, 1.54) is 6.26 Å². The number of hydrogen-bond donors (Lipinski definition) is 2. The van der Waals surface area contributed by atoms with Gasteiger partial charge in [-0.2, -0.15) is 5.21 Å². The molecule has 1 saturated carbocycles. The lowest BCUT2D eigenvalue weighted by Crippen LogP contribution is -2.49. The van der Waals surface area contributed by atoms with E-state index in [0.717, 1.165) is 31.2 Å². The molecule has 1 saturated heterocycles. The molecule has 0 bridgehead atoms. The maximum atomic E-state index is 13.9. The van der Waals surface area contributed by atoms with Crippen molar-refractivity contribution in [3.8, 4) is 0 Å². The van der Waals surface area contributed by atoms with Crippen LogP contribution in [0.1, 0.15) is 62.9 Å². The minimum absolute atomic E-state index is 0. The summed E-state index contributed by atoms with van der Waals surface area (Å²) < 4.78 is 23.9. The van der Waals surface area contributed by atoms with Crippen LogP contribution in [0.5, 0.6) is 0 Å². The first-order valence-corrected chi connectivity index (χ1v) is 15.0. The van der Waals surface area contributed by atoms with Gasteiger partial charge in [0.25, 0.3) is 11.9 Å². The van der Waals surface area contributed by atoms with Gasteiger partial charge in [0.1, 0.15) is 0 Å². The number of rotatable bonds is 7. The molecule has 1 aliphatic heterocycles. The molecule has 3 aromatic rings.